The molecule has 0 saturated carbocycles. The fourth-order valence-corrected chi connectivity index (χ4v) is 3.82. The van der Waals surface area contributed by atoms with Crippen LogP contribution in [-0.4, -0.2) is 17.2 Å². The minimum absolute atomic E-state index is 0.867. The second kappa shape index (κ2) is 7.59. The van der Waals surface area contributed by atoms with Gasteiger partial charge >= 0.3 is 0 Å². The van der Waals surface area contributed by atoms with E-state index in [1.165, 1.54) is 33.4 Å². The van der Waals surface area contributed by atoms with Crippen LogP contribution >= 0.6 is 0 Å². The van der Waals surface area contributed by atoms with Crippen molar-refractivity contribution in [3.63, 3.8) is 0 Å². The number of benzene rings is 1. The molecule has 0 amide bonds. The number of hydrogen-bond donors (Lipinski definition) is 0. The molecule has 0 saturated heterocycles. The van der Waals surface area contributed by atoms with Gasteiger partial charge in [-0.05, 0) is 105 Å². The van der Waals surface area contributed by atoms with Crippen molar-refractivity contribution in [3.05, 3.63) is 81.9 Å². The van der Waals surface area contributed by atoms with Gasteiger partial charge in [-0.3, -0.25) is 9.98 Å². The van der Waals surface area contributed by atoms with Crippen LogP contribution in [0.25, 0.3) is 17.4 Å². The fraction of sp³-hybridized carbons (Fsp3) is 0.280. The van der Waals surface area contributed by atoms with Gasteiger partial charge in [0, 0.05) is 30.1 Å². The lowest BCUT2D eigenvalue weighted by atomic mass is 9.93. The molecule has 2 aromatic heterocycles. The average molecular weight is 370 g/mol. The standard InChI is InChI=1S/C25H26N2O/c1-16-13-23(19(4)18(3)17(16)2)24-10-9-22(28-24)14-20-7-6-12-27-25(20)21-8-5-11-26-15-21/h5,8-11,13-15H,6-7,12H2,1-4H3. The average Bonchev–Trinajstić information content (AvgIpc) is 3.18. The lowest BCUT2D eigenvalue weighted by Crippen LogP contribution is -2.11. The third-order valence-electron chi connectivity index (χ3n) is 5.80. The predicted octanol–water partition coefficient (Wildman–Crippen LogP) is 6.24. The molecule has 3 heterocycles. The van der Waals surface area contributed by atoms with E-state index in [2.05, 4.69) is 63.0 Å². The Balaban J connectivity index is 1.70. The fourth-order valence-electron chi connectivity index (χ4n) is 3.82. The Morgan fingerprint density at radius 1 is 1.00 bits per heavy atom. The molecule has 1 aliphatic rings. The summed E-state index contributed by atoms with van der Waals surface area (Å²) >= 11 is 0. The third kappa shape index (κ3) is 3.45. The van der Waals surface area contributed by atoms with Crippen LogP contribution in [0, 0.1) is 27.7 Å². The summed E-state index contributed by atoms with van der Waals surface area (Å²) in [5.41, 5.74) is 9.78. The van der Waals surface area contributed by atoms with Crippen LogP contribution in [0.5, 0.6) is 0 Å². The molecule has 1 aliphatic heterocycles. The van der Waals surface area contributed by atoms with E-state index in [4.69, 9.17) is 9.41 Å². The van der Waals surface area contributed by atoms with Gasteiger partial charge in [0.2, 0.25) is 0 Å². The third-order valence-corrected chi connectivity index (χ3v) is 5.80. The smallest absolute Gasteiger partial charge is 0.135 e. The second-order valence-corrected chi connectivity index (χ2v) is 7.56. The summed E-state index contributed by atoms with van der Waals surface area (Å²) < 4.78 is 6.24. The SMILES string of the molecule is Cc1cc(-c2ccc(C=C3CCCN=C3c3cccnc3)o2)c(C)c(C)c1C. The van der Waals surface area contributed by atoms with E-state index in [-0.39, 0.29) is 0 Å². The Hall–Kier alpha value is -2.94. The second-order valence-electron chi connectivity index (χ2n) is 7.56. The van der Waals surface area contributed by atoms with Crippen molar-refractivity contribution >= 4 is 11.8 Å². The van der Waals surface area contributed by atoms with Gasteiger partial charge in [0.05, 0.1) is 5.71 Å². The first-order valence-electron chi connectivity index (χ1n) is 9.88. The van der Waals surface area contributed by atoms with Gasteiger partial charge in [0.15, 0.2) is 0 Å². The summed E-state index contributed by atoms with van der Waals surface area (Å²) in [4.78, 5) is 9.00. The topological polar surface area (TPSA) is 38.4 Å². The maximum Gasteiger partial charge on any atom is 0.135 e. The molecule has 0 fully saturated rings. The molecular formula is C25H26N2O. The molecule has 142 valence electrons. The molecule has 1 aromatic carbocycles. The highest BCUT2D eigenvalue weighted by molar-refractivity contribution is 6.15. The molecule has 0 bridgehead atoms. The normalized spacial score (nSPS) is 15.7. The minimum atomic E-state index is 0.867. The van der Waals surface area contributed by atoms with E-state index in [1.54, 1.807) is 6.20 Å². The Morgan fingerprint density at radius 3 is 2.64 bits per heavy atom. The van der Waals surface area contributed by atoms with Crippen molar-refractivity contribution in [2.75, 3.05) is 6.54 Å². The summed E-state index contributed by atoms with van der Waals surface area (Å²) in [5.74, 6) is 1.80. The van der Waals surface area contributed by atoms with Crippen molar-refractivity contribution in [2.45, 2.75) is 40.5 Å². The number of rotatable bonds is 3. The van der Waals surface area contributed by atoms with E-state index in [0.29, 0.717) is 0 Å². The largest absolute Gasteiger partial charge is 0.457 e. The molecule has 3 aromatic rings. The molecule has 3 nitrogen and oxygen atoms in total. The molecular weight excluding hydrogens is 344 g/mol. The van der Waals surface area contributed by atoms with E-state index in [9.17, 15) is 0 Å². The highest BCUT2D eigenvalue weighted by Gasteiger charge is 2.16. The summed E-state index contributed by atoms with van der Waals surface area (Å²) in [5, 5.41) is 0. The predicted molar refractivity (Wildman–Crippen MR) is 116 cm³/mol. The van der Waals surface area contributed by atoms with E-state index in [1.807, 2.05) is 12.3 Å². The van der Waals surface area contributed by atoms with Crippen LogP contribution in [-0.2, 0) is 0 Å². The quantitative estimate of drug-likeness (QED) is 0.547. The van der Waals surface area contributed by atoms with E-state index in [0.717, 1.165) is 42.2 Å². The highest BCUT2D eigenvalue weighted by atomic mass is 16.3. The molecule has 0 atom stereocenters. The Bertz CT molecular complexity index is 1070. The maximum atomic E-state index is 6.24. The van der Waals surface area contributed by atoms with Gasteiger partial charge in [-0.15, -0.1) is 0 Å². The monoisotopic (exact) mass is 370 g/mol. The number of aromatic nitrogens is 1. The zero-order chi connectivity index (χ0) is 19.7. The number of aliphatic imine (C=N–C) groups is 1. The summed E-state index contributed by atoms with van der Waals surface area (Å²) in [7, 11) is 0. The van der Waals surface area contributed by atoms with E-state index >= 15 is 0 Å². The van der Waals surface area contributed by atoms with Crippen molar-refractivity contribution < 1.29 is 4.42 Å². The lowest BCUT2D eigenvalue weighted by Gasteiger charge is -2.15. The number of nitrogens with zero attached hydrogens (tertiary/aromatic N) is 2. The maximum absolute atomic E-state index is 6.24. The Kier molecular flexibility index (Phi) is 4.99. The first-order valence-corrected chi connectivity index (χ1v) is 9.88. The van der Waals surface area contributed by atoms with Crippen LogP contribution in [0.1, 0.15) is 46.4 Å². The van der Waals surface area contributed by atoms with E-state index < -0.39 is 0 Å². The van der Waals surface area contributed by atoms with Gasteiger partial charge in [0.1, 0.15) is 11.5 Å². The van der Waals surface area contributed by atoms with Crippen LogP contribution in [0.4, 0.5) is 0 Å². The van der Waals surface area contributed by atoms with Gasteiger partial charge in [-0.25, -0.2) is 0 Å². The first kappa shape index (κ1) is 18.4. The summed E-state index contributed by atoms with van der Waals surface area (Å²) in [6.45, 7) is 9.57. The van der Waals surface area contributed by atoms with Crippen molar-refractivity contribution in [3.8, 4) is 11.3 Å². The Labute approximate surface area is 166 Å². The zero-order valence-corrected chi connectivity index (χ0v) is 17.0. The molecule has 0 spiro atoms. The molecule has 0 unspecified atom stereocenters. The van der Waals surface area contributed by atoms with Crippen molar-refractivity contribution in [2.24, 2.45) is 4.99 Å². The molecule has 0 N–H and O–H groups in total. The number of aryl methyl sites for hydroxylation is 1. The lowest BCUT2D eigenvalue weighted by molar-refractivity contribution is 0.570. The van der Waals surface area contributed by atoms with Gasteiger partial charge in [-0.1, -0.05) is 0 Å². The van der Waals surface area contributed by atoms with Crippen LogP contribution < -0.4 is 0 Å². The minimum Gasteiger partial charge on any atom is -0.457 e. The summed E-state index contributed by atoms with van der Waals surface area (Å²) in [6, 6.07) is 10.4. The van der Waals surface area contributed by atoms with Crippen LogP contribution in [0.2, 0.25) is 0 Å². The molecule has 3 heteroatoms. The molecule has 28 heavy (non-hydrogen) atoms. The highest BCUT2D eigenvalue weighted by Crippen LogP contribution is 2.32. The number of hydrogen-bond acceptors (Lipinski definition) is 3. The van der Waals surface area contributed by atoms with Gasteiger partial charge in [0.25, 0.3) is 0 Å². The molecule has 4 rings (SSSR count). The number of furan rings is 1. The number of pyridine rings is 1. The van der Waals surface area contributed by atoms with Gasteiger partial charge < -0.3 is 4.42 Å². The van der Waals surface area contributed by atoms with Gasteiger partial charge in [-0.2, -0.15) is 0 Å². The molecule has 0 aliphatic carbocycles. The van der Waals surface area contributed by atoms with Crippen LogP contribution in [0.3, 0.4) is 0 Å². The summed E-state index contributed by atoms with van der Waals surface area (Å²) in [6.07, 6.45) is 7.89. The Morgan fingerprint density at radius 2 is 1.86 bits per heavy atom. The van der Waals surface area contributed by atoms with Crippen molar-refractivity contribution in [1.82, 2.24) is 4.98 Å². The molecule has 0 radical (unpaired) electrons. The van der Waals surface area contributed by atoms with Crippen molar-refractivity contribution in [1.29, 1.82) is 0 Å². The number of allylic oxidation sites excluding steroid dienone is 1. The zero-order valence-electron chi connectivity index (χ0n) is 17.0. The first-order chi connectivity index (χ1) is 13.5. The van der Waals surface area contributed by atoms with Crippen LogP contribution in [0.15, 0.2) is 57.7 Å².